The number of nitrogen functional groups attached to an aromatic ring is 1. The lowest BCUT2D eigenvalue weighted by Crippen LogP contribution is -2.02. The van der Waals surface area contributed by atoms with Crippen molar-refractivity contribution >= 4 is 33.8 Å². The van der Waals surface area contributed by atoms with Crippen LogP contribution in [0.5, 0.6) is 5.88 Å². The van der Waals surface area contributed by atoms with Crippen LogP contribution in [-0.2, 0) is 0 Å². The predicted molar refractivity (Wildman–Crippen MR) is 90.5 cm³/mol. The molecule has 0 aliphatic heterocycles. The smallest absolute Gasteiger partial charge is 0.213 e. The highest BCUT2D eigenvalue weighted by Gasteiger charge is 2.17. The van der Waals surface area contributed by atoms with Gasteiger partial charge in [-0.3, -0.25) is 4.79 Å². The molecular formula is C16H14N4O2S. The first-order chi connectivity index (χ1) is 11.2. The maximum Gasteiger partial charge on any atom is 0.213 e. The lowest BCUT2D eigenvalue weighted by atomic mass is 10.1. The Morgan fingerprint density at radius 2 is 2.00 bits per heavy atom. The molecule has 0 unspecified atom stereocenters. The van der Waals surface area contributed by atoms with Gasteiger partial charge in [0.2, 0.25) is 11.7 Å². The van der Waals surface area contributed by atoms with Crippen LogP contribution in [0.3, 0.4) is 0 Å². The Kier molecular flexibility index (Phi) is 4.20. The fourth-order valence-corrected chi connectivity index (χ4v) is 2.83. The average Bonchev–Trinajstić information content (AvgIpc) is 2.96. The number of anilines is 3. The molecule has 6 nitrogen and oxygen atoms in total. The molecule has 0 amide bonds. The van der Waals surface area contributed by atoms with Gasteiger partial charge in [0.25, 0.3) is 0 Å². The molecule has 0 saturated carbocycles. The van der Waals surface area contributed by atoms with Crippen molar-refractivity contribution in [1.29, 1.82) is 0 Å². The van der Waals surface area contributed by atoms with Crippen LogP contribution in [0.2, 0.25) is 0 Å². The minimum Gasteiger partial charge on any atom is -0.481 e. The van der Waals surface area contributed by atoms with Gasteiger partial charge in [0, 0.05) is 11.6 Å². The summed E-state index contributed by atoms with van der Waals surface area (Å²) in [6.45, 7) is 0. The summed E-state index contributed by atoms with van der Waals surface area (Å²) in [4.78, 5) is 21.2. The van der Waals surface area contributed by atoms with E-state index in [2.05, 4.69) is 15.3 Å². The molecule has 3 rings (SSSR count). The van der Waals surface area contributed by atoms with Crippen LogP contribution in [-0.4, -0.2) is 22.9 Å². The summed E-state index contributed by atoms with van der Waals surface area (Å²) in [5, 5.41) is 3.62. The lowest BCUT2D eigenvalue weighted by Gasteiger charge is -2.02. The number of thiazole rings is 1. The molecule has 116 valence electrons. The number of nitrogens with two attached hydrogens (primary N) is 1. The fraction of sp³-hybridized carbons (Fsp3) is 0.0625. The number of carbonyl (C=O) groups excluding carboxylic acids is 1. The topological polar surface area (TPSA) is 90.1 Å². The van der Waals surface area contributed by atoms with Gasteiger partial charge in [-0.2, -0.15) is 0 Å². The normalized spacial score (nSPS) is 10.3. The van der Waals surface area contributed by atoms with E-state index < -0.39 is 0 Å². The highest BCUT2D eigenvalue weighted by molar-refractivity contribution is 7.18. The van der Waals surface area contributed by atoms with E-state index in [1.807, 2.05) is 24.3 Å². The van der Waals surface area contributed by atoms with Crippen molar-refractivity contribution in [3.63, 3.8) is 0 Å². The van der Waals surface area contributed by atoms with E-state index in [1.165, 1.54) is 11.3 Å². The van der Waals surface area contributed by atoms with Crippen molar-refractivity contribution in [2.75, 3.05) is 18.2 Å². The summed E-state index contributed by atoms with van der Waals surface area (Å²) in [5.74, 6) is 0.600. The van der Waals surface area contributed by atoms with E-state index in [0.717, 1.165) is 5.69 Å². The van der Waals surface area contributed by atoms with Gasteiger partial charge < -0.3 is 15.8 Å². The molecule has 3 aromatic rings. The highest BCUT2D eigenvalue weighted by atomic mass is 32.1. The summed E-state index contributed by atoms with van der Waals surface area (Å²) < 4.78 is 5.01. The minimum absolute atomic E-state index is 0.137. The molecule has 2 heterocycles. The molecule has 0 fully saturated rings. The quantitative estimate of drug-likeness (QED) is 0.700. The first-order valence-electron chi connectivity index (χ1n) is 6.80. The minimum atomic E-state index is -0.137. The third-order valence-electron chi connectivity index (χ3n) is 3.09. The number of hydrogen-bond donors (Lipinski definition) is 2. The number of pyridine rings is 1. The van der Waals surface area contributed by atoms with Crippen LogP contribution in [0.1, 0.15) is 15.2 Å². The van der Waals surface area contributed by atoms with Crippen molar-refractivity contribution in [1.82, 2.24) is 9.97 Å². The molecule has 1 aromatic carbocycles. The zero-order chi connectivity index (χ0) is 16.2. The van der Waals surface area contributed by atoms with E-state index in [1.54, 1.807) is 31.5 Å². The Balaban J connectivity index is 1.81. The summed E-state index contributed by atoms with van der Waals surface area (Å²) >= 11 is 1.21. The number of hydrogen-bond acceptors (Lipinski definition) is 7. The summed E-state index contributed by atoms with van der Waals surface area (Å²) in [6.07, 6.45) is 1.62. The summed E-state index contributed by atoms with van der Waals surface area (Å²) in [6, 6.07) is 12.5. The van der Waals surface area contributed by atoms with Gasteiger partial charge in [-0.1, -0.05) is 41.7 Å². The molecular weight excluding hydrogens is 312 g/mol. The zero-order valence-electron chi connectivity index (χ0n) is 12.3. The predicted octanol–water partition coefficient (Wildman–Crippen LogP) is 3.10. The van der Waals surface area contributed by atoms with Gasteiger partial charge in [-0.15, -0.1) is 0 Å². The molecule has 0 spiro atoms. The second-order valence-corrected chi connectivity index (χ2v) is 5.64. The van der Waals surface area contributed by atoms with Crippen molar-refractivity contribution in [3.8, 4) is 5.88 Å². The van der Waals surface area contributed by atoms with Crippen molar-refractivity contribution in [2.24, 2.45) is 0 Å². The molecule has 0 saturated heterocycles. The van der Waals surface area contributed by atoms with Crippen molar-refractivity contribution < 1.29 is 9.53 Å². The highest BCUT2D eigenvalue weighted by Crippen LogP contribution is 2.29. The molecule has 7 heteroatoms. The van der Waals surface area contributed by atoms with E-state index in [4.69, 9.17) is 10.5 Å². The number of benzene rings is 1. The number of ether oxygens (including phenoxy) is 1. The molecule has 3 N–H and O–H groups in total. The Bertz CT molecular complexity index is 816. The van der Waals surface area contributed by atoms with Crippen molar-refractivity contribution in [3.05, 3.63) is 59.1 Å². The third-order valence-corrected chi connectivity index (χ3v) is 4.08. The molecule has 0 atom stereocenters. The number of ketones is 1. The van der Waals surface area contributed by atoms with Crippen LogP contribution in [0.4, 0.5) is 16.6 Å². The Labute approximate surface area is 137 Å². The fourth-order valence-electron chi connectivity index (χ4n) is 1.97. The number of nitrogens with zero attached hydrogens (tertiary/aromatic N) is 2. The maximum absolute atomic E-state index is 12.5. The van der Waals surface area contributed by atoms with E-state index in [9.17, 15) is 4.79 Å². The molecule has 0 aliphatic carbocycles. The van der Waals surface area contributed by atoms with Crippen LogP contribution in [0, 0.1) is 0 Å². The zero-order valence-corrected chi connectivity index (χ0v) is 13.1. The van der Waals surface area contributed by atoms with Gasteiger partial charge in [0.05, 0.1) is 19.0 Å². The molecule has 23 heavy (non-hydrogen) atoms. The molecule has 0 bridgehead atoms. The van der Waals surface area contributed by atoms with Crippen LogP contribution < -0.4 is 15.8 Å². The monoisotopic (exact) mass is 326 g/mol. The maximum atomic E-state index is 12.5. The number of rotatable bonds is 5. The molecule has 2 aromatic heterocycles. The Hall–Kier alpha value is -2.93. The largest absolute Gasteiger partial charge is 0.481 e. The standard InChI is InChI=1S/C16H14N4O2S/c1-22-12-8-7-11(9-18-12)19-16-20-15(17)14(23-16)13(21)10-5-3-2-4-6-10/h2-9H,17H2,1H3,(H,19,20). The number of carbonyl (C=O) groups is 1. The van der Waals surface area contributed by atoms with Crippen LogP contribution in [0.15, 0.2) is 48.7 Å². The van der Waals surface area contributed by atoms with Gasteiger partial charge in [-0.05, 0) is 6.07 Å². The summed E-state index contributed by atoms with van der Waals surface area (Å²) in [7, 11) is 1.55. The Morgan fingerprint density at radius 1 is 1.22 bits per heavy atom. The van der Waals surface area contributed by atoms with E-state index in [-0.39, 0.29) is 11.6 Å². The van der Waals surface area contributed by atoms with Gasteiger partial charge in [-0.25, -0.2) is 9.97 Å². The first-order valence-corrected chi connectivity index (χ1v) is 7.62. The number of methoxy groups -OCH3 is 1. The van der Waals surface area contributed by atoms with Crippen LogP contribution in [0.25, 0.3) is 0 Å². The van der Waals surface area contributed by atoms with E-state index in [0.29, 0.717) is 21.5 Å². The first kappa shape index (κ1) is 15.0. The SMILES string of the molecule is COc1ccc(Nc2nc(N)c(C(=O)c3ccccc3)s2)cn1. The third kappa shape index (κ3) is 3.29. The summed E-state index contributed by atoms with van der Waals surface area (Å²) in [5.41, 5.74) is 7.20. The molecule has 0 radical (unpaired) electrons. The van der Waals surface area contributed by atoms with Crippen molar-refractivity contribution in [2.45, 2.75) is 0 Å². The number of aromatic nitrogens is 2. The van der Waals surface area contributed by atoms with Crippen LogP contribution >= 0.6 is 11.3 Å². The van der Waals surface area contributed by atoms with E-state index >= 15 is 0 Å². The molecule has 0 aliphatic rings. The number of nitrogens with one attached hydrogen (secondary N) is 1. The average molecular weight is 326 g/mol. The second-order valence-electron chi connectivity index (χ2n) is 4.64. The lowest BCUT2D eigenvalue weighted by molar-refractivity contribution is 0.104. The van der Waals surface area contributed by atoms with Gasteiger partial charge in [0.1, 0.15) is 10.7 Å². The van der Waals surface area contributed by atoms with Gasteiger partial charge >= 0.3 is 0 Å². The van der Waals surface area contributed by atoms with Gasteiger partial charge in [0.15, 0.2) is 5.13 Å². The Morgan fingerprint density at radius 3 is 2.65 bits per heavy atom. The second kappa shape index (κ2) is 6.45.